The minimum atomic E-state index is -0.312. The average Bonchev–Trinajstić information content (AvgIpc) is 3.20. The molecule has 0 saturated heterocycles. The number of nitrogens with zero attached hydrogens (tertiary/aromatic N) is 2. The molecule has 0 bridgehead atoms. The molecule has 8 heteroatoms. The Morgan fingerprint density at radius 2 is 1.74 bits per heavy atom. The number of amides is 2. The van der Waals surface area contributed by atoms with E-state index in [9.17, 15) is 9.59 Å². The van der Waals surface area contributed by atoms with Crippen LogP contribution >= 0.6 is 23.1 Å². The van der Waals surface area contributed by atoms with Crippen molar-refractivity contribution < 1.29 is 9.59 Å². The van der Waals surface area contributed by atoms with Crippen LogP contribution in [0.4, 0.5) is 10.8 Å². The molecule has 1 unspecified atom stereocenters. The van der Waals surface area contributed by atoms with E-state index in [1.54, 1.807) is 6.08 Å². The van der Waals surface area contributed by atoms with Crippen LogP contribution in [0.15, 0.2) is 58.9 Å². The number of aryl methyl sites for hydroxylation is 2. The second-order valence-electron chi connectivity index (χ2n) is 6.88. The highest BCUT2D eigenvalue weighted by atomic mass is 32.2. The molecule has 31 heavy (non-hydrogen) atoms. The van der Waals surface area contributed by atoms with Gasteiger partial charge in [0.15, 0.2) is 4.34 Å². The third-order valence-electron chi connectivity index (χ3n) is 4.50. The van der Waals surface area contributed by atoms with Crippen LogP contribution in [-0.2, 0) is 9.59 Å². The van der Waals surface area contributed by atoms with Crippen LogP contribution in [0.3, 0.4) is 0 Å². The first kappa shape index (κ1) is 22.7. The minimum absolute atomic E-state index is 0.0727. The summed E-state index contributed by atoms with van der Waals surface area (Å²) in [7, 11) is 0. The molecule has 2 aromatic carbocycles. The van der Waals surface area contributed by atoms with Gasteiger partial charge in [0, 0.05) is 11.8 Å². The van der Waals surface area contributed by atoms with Gasteiger partial charge in [-0.3, -0.25) is 14.9 Å². The number of benzene rings is 2. The van der Waals surface area contributed by atoms with Crippen molar-refractivity contribution in [3.05, 3.63) is 71.3 Å². The largest absolute Gasteiger partial charge is 0.325 e. The SMILES string of the molecule is CCC(Sc1nnc(NC(=O)/C=C/c2ccccc2)s1)C(=O)Nc1c(C)cccc1C. The van der Waals surface area contributed by atoms with Crippen molar-refractivity contribution in [3.8, 4) is 0 Å². The Morgan fingerprint density at radius 3 is 2.42 bits per heavy atom. The lowest BCUT2D eigenvalue weighted by Crippen LogP contribution is -2.25. The van der Waals surface area contributed by atoms with Gasteiger partial charge in [-0.1, -0.05) is 78.6 Å². The highest BCUT2D eigenvalue weighted by Gasteiger charge is 2.21. The third kappa shape index (κ3) is 6.50. The molecule has 6 nitrogen and oxygen atoms in total. The van der Waals surface area contributed by atoms with Crippen molar-refractivity contribution in [2.45, 2.75) is 36.8 Å². The number of anilines is 2. The molecular formula is C23H24N4O2S2. The molecule has 0 aliphatic heterocycles. The molecule has 1 heterocycles. The van der Waals surface area contributed by atoms with Crippen molar-refractivity contribution in [1.29, 1.82) is 0 Å². The van der Waals surface area contributed by atoms with E-state index in [2.05, 4.69) is 20.8 Å². The molecule has 0 saturated carbocycles. The Hall–Kier alpha value is -2.97. The van der Waals surface area contributed by atoms with Crippen LogP contribution in [0.5, 0.6) is 0 Å². The summed E-state index contributed by atoms with van der Waals surface area (Å²) in [6.07, 6.45) is 3.83. The number of hydrogen-bond acceptors (Lipinski definition) is 6. The molecule has 0 aliphatic rings. The first-order valence-electron chi connectivity index (χ1n) is 9.87. The van der Waals surface area contributed by atoms with Crippen LogP contribution in [0.2, 0.25) is 0 Å². The third-order valence-corrected chi connectivity index (χ3v) is 6.79. The number of hydrogen-bond donors (Lipinski definition) is 2. The van der Waals surface area contributed by atoms with Gasteiger partial charge in [0.2, 0.25) is 16.9 Å². The van der Waals surface area contributed by atoms with Crippen molar-refractivity contribution in [2.24, 2.45) is 0 Å². The molecule has 3 aromatic rings. The predicted octanol–water partition coefficient (Wildman–Crippen LogP) is 5.32. The van der Waals surface area contributed by atoms with Crippen LogP contribution in [0, 0.1) is 13.8 Å². The van der Waals surface area contributed by atoms with Gasteiger partial charge in [-0.15, -0.1) is 10.2 Å². The van der Waals surface area contributed by atoms with Crippen molar-refractivity contribution >= 4 is 51.8 Å². The van der Waals surface area contributed by atoms with Crippen LogP contribution < -0.4 is 10.6 Å². The van der Waals surface area contributed by atoms with Gasteiger partial charge >= 0.3 is 0 Å². The van der Waals surface area contributed by atoms with Crippen LogP contribution in [-0.4, -0.2) is 27.3 Å². The molecule has 0 radical (unpaired) electrons. The molecule has 2 N–H and O–H groups in total. The number of nitrogens with one attached hydrogen (secondary N) is 2. The Kier molecular flexibility index (Phi) is 7.97. The zero-order chi connectivity index (χ0) is 22.2. The summed E-state index contributed by atoms with van der Waals surface area (Å²) < 4.78 is 0.630. The zero-order valence-electron chi connectivity index (χ0n) is 17.6. The zero-order valence-corrected chi connectivity index (χ0v) is 19.2. The highest BCUT2D eigenvalue weighted by molar-refractivity contribution is 8.02. The Balaban J connectivity index is 1.59. The van der Waals surface area contributed by atoms with Gasteiger partial charge < -0.3 is 5.32 Å². The molecule has 1 aromatic heterocycles. The molecule has 3 rings (SSSR count). The highest BCUT2D eigenvalue weighted by Crippen LogP contribution is 2.31. The number of thioether (sulfide) groups is 1. The molecule has 2 amide bonds. The topological polar surface area (TPSA) is 84.0 Å². The van der Waals surface area contributed by atoms with E-state index in [1.807, 2.05) is 69.3 Å². The van der Waals surface area contributed by atoms with Gasteiger partial charge in [-0.05, 0) is 43.0 Å². The van der Waals surface area contributed by atoms with E-state index in [4.69, 9.17) is 0 Å². The van der Waals surface area contributed by atoms with E-state index in [1.165, 1.54) is 29.2 Å². The first-order chi connectivity index (χ1) is 15.0. The summed E-state index contributed by atoms with van der Waals surface area (Å²) in [6, 6.07) is 15.5. The van der Waals surface area contributed by atoms with E-state index in [0.29, 0.717) is 15.9 Å². The Labute approximate surface area is 190 Å². The summed E-state index contributed by atoms with van der Waals surface area (Å²) >= 11 is 2.60. The van der Waals surface area contributed by atoms with E-state index in [-0.39, 0.29) is 17.1 Å². The first-order valence-corrected chi connectivity index (χ1v) is 11.6. The maximum atomic E-state index is 12.8. The number of carbonyl (C=O) groups excluding carboxylic acids is 2. The van der Waals surface area contributed by atoms with Gasteiger partial charge in [0.05, 0.1) is 5.25 Å². The summed E-state index contributed by atoms with van der Waals surface area (Å²) in [4.78, 5) is 24.9. The minimum Gasteiger partial charge on any atom is -0.325 e. The lowest BCUT2D eigenvalue weighted by Gasteiger charge is -2.16. The fourth-order valence-corrected chi connectivity index (χ4v) is 4.77. The van der Waals surface area contributed by atoms with Crippen molar-refractivity contribution in [2.75, 3.05) is 10.6 Å². The number of para-hydroxylation sites is 1. The monoisotopic (exact) mass is 452 g/mol. The lowest BCUT2D eigenvalue weighted by molar-refractivity contribution is -0.115. The molecule has 160 valence electrons. The predicted molar refractivity (Wildman–Crippen MR) is 128 cm³/mol. The molecule has 0 fully saturated rings. The fourth-order valence-electron chi connectivity index (χ4n) is 2.85. The van der Waals surface area contributed by atoms with Crippen molar-refractivity contribution in [3.63, 3.8) is 0 Å². The van der Waals surface area contributed by atoms with Crippen LogP contribution in [0.1, 0.15) is 30.0 Å². The van der Waals surface area contributed by atoms with Gasteiger partial charge in [0.1, 0.15) is 0 Å². The average molecular weight is 453 g/mol. The maximum absolute atomic E-state index is 12.8. The van der Waals surface area contributed by atoms with Crippen LogP contribution in [0.25, 0.3) is 6.08 Å². The number of carbonyl (C=O) groups is 2. The Bertz CT molecular complexity index is 1060. The van der Waals surface area contributed by atoms with Gasteiger partial charge in [0.25, 0.3) is 0 Å². The van der Waals surface area contributed by atoms with Crippen molar-refractivity contribution in [1.82, 2.24) is 10.2 Å². The summed E-state index contributed by atoms with van der Waals surface area (Å²) in [6.45, 7) is 5.91. The maximum Gasteiger partial charge on any atom is 0.250 e. The number of aromatic nitrogens is 2. The van der Waals surface area contributed by atoms with Gasteiger partial charge in [-0.25, -0.2) is 0 Å². The standard InChI is InChI=1S/C23H24N4O2S2/c1-4-18(21(29)25-20-15(2)9-8-10-16(20)3)30-23-27-26-22(31-23)24-19(28)14-13-17-11-6-5-7-12-17/h5-14,18H,4H2,1-3H3,(H,25,29)(H,24,26,28)/b14-13+. The molecular weight excluding hydrogens is 428 g/mol. The number of rotatable bonds is 8. The second kappa shape index (κ2) is 10.9. The smallest absolute Gasteiger partial charge is 0.250 e. The molecule has 0 aliphatic carbocycles. The normalized spacial score (nSPS) is 12.0. The quantitative estimate of drug-likeness (QED) is 0.275. The molecule has 0 spiro atoms. The van der Waals surface area contributed by atoms with E-state index >= 15 is 0 Å². The second-order valence-corrected chi connectivity index (χ2v) is 9.30. The van der Waals surface area contributed by atoms with E-state index < -0.39 is 0 Å². The lowest BCUT2D eigenvalue weighted by atomic mass is 10.1. The summed E-state index contributed by atoms with van der Waals surface area (Å²) in [5.74, 6) is -0.354. The summed E-state index contributed by atoms with van der Waals surface area (Å²) in [5.41, 5.74) is 3.84. The van der Waals surface area contributed by atoms with Gasteiger partial charge in [-0.2, -0.15) is 0 Å². The Morgan fingerprint density at radius 1 is 1.03 bits per heavy atom. The summed E-state index contributed by atoms with van der Waals surface area (Å²) in [5, 5.41) is 14.0. The fraction of sp³-hybridized carbons (Fsp3) is 0.217. The molecule has 1 atom stereocenters. The van der Waals surface area contributed by atoms with E-state index in [0.717, 1.165) is 22.4 Å².